The molecule has 2 saturated heterocycles. The molecule has 1 aliphatic carbocycles. The number of carbonyl (C=O) groups is 3. The lowest BCUT2D eigenvalue weighted by molar-refractivity contribution is -0.136. The minimum Gasteiger partial charge on any atom is -0.488 e. The van der Waals surface area contributed by atoms with Crippen LogP contribution in [0.4, 0.5) is 0 Å². The van der Waals surface area contributed by atoms with E-state index in [9.17, 15) is 14.4 Å². The van der Waals surface area contributed by atoms with E-state index in [4.69, 9.17) is 19.4 Å². The van der Waals surface area contributed by atoms with Gasteiger partial charge in [0.15, 0.2) is 0 Å². The molecule has 5 heterocycles. The Labute approximate surface area is 238 Å². The average molecular weight is 556 g/mol. The van der Waals surface area contributed by atoms with E-state index in [0.717, 1.165) is 71.6 Å². The van der Waals surface area contributed by atoms with Gasteiger partial charge in [0.1, 0.15) is 23.4 Å². The van der Waals surface area contributed by atoms with Crippen LogP contribution in [0.25, 0.3) is 22.3 Å². The highest BCUT2D eigenvalue weighted by Gasteiger charge is 2.39. The number of nitrogens with zero attached hydrogens (tertiary/aromatic N) is 4. The molecule has 10 heteroatoms. The van der Waals surface area contributed by atoms with Crippen molar-refractivity contribution >= 4 is 28.8 Å². The molecule has 1 saturated carbocycles. The first-order valence-electron chi connectivity index (χ1n) is 14.4. The SMILES string of the molecule is CO[C@H]1C[C@H](Oc2ccnc3c(CN4CCCC4)cc(-c4ccc5c(c4)CN(C4CCC(=O)NC4=O)C5=O)nc23)C1. The van der Waals surface area contributed by atoms with E-state index >= 15 is 0 Å². The zero-order chi connectivity index (χ0) is 28.1. The highest BCUT2D eigenvalue weighted by Crippen LogP contribution is 2.36. The molecular weight excluding hydrogens is 522 g/mol. The normalized spacial score (nSPS) is 24.5. The number of rotatable bonds is 7. The van der Waals surface area contributed by atoms with Gasteiger partial charge in [-0.25, -0.2) is 4.98 Å². The fraction of sp³-hybridized carbons (Fsp3) is 0.452. The molecule has 0 bridgehead atoms. The van der Waals surface area contributed by atoms with Gasteiger partial charge in [-0.2, -0.15) is 0 Å². The Morgan fingerprint density at radius 3 is 2.63 bits per heavy atom. The number of ether oxygens (including phenoxy) is 2. The first kappa shape index (κ1) is 26.0. The smallest absolute Gasteiger partial charge is 0.255 e. The molecule has 212 valence electrons. The van der Waals surface area contributed by atoms with Gasteiger partial charge in [0.2, 0.25) is 11.8 Å². The lowest BCUT2D eigenvalue weighted by Crippen LogP contribution is -2.52. The molecule has 3 aromatic rings. The quantitative estimate of drug-likeness (QED) is 0.442. The predicted molar refractivity (Wildman–Crippen MR) is 150 cm³/mol. The second kappa shape index (κ2) is 10.5. The summed E-state index contributed by atoms with van der Waals surface area (Å²) in [7, 11) is 1.73. The van der Waals surface area contributed by atoms with E-state index in [0.29, 0.717) is 18.5 Å². The molecule has 3 amide bonds. The van der Waals surface area contributed by atoms with Crippen molar-refractivity contribution in [1.82, 2.24) is 25.1 Å². The Balaban J connectivity index is 1.23. The maximum Gasteiger partial charge on any atom is 0.255 e. The number of amides is 3. The molecule has 41 heavy (non-hydrogen) atoms. The third-order valence-electron chi connectivity index (χ3n) is 8.83. The van der Waals surface area contributed by atoms with Crippen LogP contribution in [-0.2, 0) is 27.4 Å². The van der Waals surface area contributed by atoms with E-state index in [2.05, 4.69) is 16.3 Å². The summed E-state index contributed by atoms with van der Waals surface area (Å²) in [6.45, 7) is 3.23. The number of benzene rings is 1. The van der Waals surface area contributed by atoms with Crippen molar-refractivity contribution in [3.63, 3.8) is 0 Å². The summed E-state index contributed by atoms with van der Waals surface area (Å²) in [5.41, 5.74) is 5.81. The summed E-state index contributed by atoms with van der Waals surface area (Å²) in [6, 6.07) is 9.10. The van der Waals surface area contributed by atoms with Gasteiger partial charge in [0, 0.05) is 62.9 Å². The van der Waals surface area contributed by atoms with Gasteiger partial charge in [-0.1, -0.05) is 6.07 Å². The Morgan fingerprint density at radius 1 is 1.02 bits per heavy atom. The van der Waals surface area contributed by atoms with Gasteiger partial charge >= 0.3 is 0 Å². The van der Waals surface area contributed by atoms with Crippen LogP contribution < -0.4 is 10.1 Å². The summed E-state index contributed by atoms with van der Waals surface area (Å²) in [5, 5.41) is 2.37. The van der Waals surface area contributed by atoms with Crippen molar-refractivity contribution in [2.24, 2.45) is 0 Å². The van der Waals surface area contributed by atoms with Crippen molar-refractivity contribution in [3.8, 4) is 17.0 Å². The summed E-state index contributed by atoms with van der Waals surface area (Å²) in [4.78, 5) is 51.2. The first-order chi connectivity index (χ1) is 20.0. The van der Waals surface area contributed by atoms with Gasteiger partial charge in [-0.05, 0) is 61.7 Å². The average Bonchev–Trinajstić information content (AvgIpc) is 3.58. The molecule has 7 rings (SSSR count). The van der Waals surface area contributed by atoms with E-state index in [1.165, 1.54) is 12.8 Å². The fourth-order valence-electron chi connectivity index (χ4n) is 6.43. The number of likely N-dealkylation sites (tertiary alicyclic amines) is 1. The maximum atomic E-state index is 13.2. The van der Waals surface area contributed by atoms with Crippen LogP contribution in [0.2, 0.25) is 0 Å². The van der Waals surface area contributed by atoms with Crippen molar-refractivity contribution in [2.45, 2.75) is 69.9 Å². The Hall–Kier alpha value is -3.89. The van der Waals surface area contributed by atoms with Crippen LogP contribution in [0, 0.1) is 0 Å². The predicted octanol–water partition coefficient (Wildman–Crippen LogP) is 3.21. The second-order valence-corrected chi connectivity index (χ2v) is 11.5. The molecule has 0 radical (unpaired) electrons. The molecule has 1 unspecified atom stereocenters. The monoisotopic (exact) mass is 555 g/mol. The van der Waals surface area contributed by atoms with Crippen LogP contribution in [0.5, 0.6) is 5.75 Å². The summed E-state index contributed by atoms with van der Waals surface area (Å²) >= 11 is 0. The van der Waals surface area contributed by atoms with Gasteiger partial charge in [-0.15, -0.1) is 0 Å². The molecule has 3 aliphatic heterocycles. The number of fused-ring (bicyclic) bond motifs is 2. The summed E-state index contributed by atoms with van der Waals surface area (Å²) < 4.78 is 11.8. The van der Waals surface area contributed by atoms with Crippen LogP contribution >= 0.6 is 0 Å². The number of methoxy groups -OCH3 is 1. The van der Waals surface area contributed by atoms with Crippen LogP contribution in [0.1, 0.15) is 60.0 Å². The lowest BCUT2D eigenvalue weighted by atomic mass is 9.92. The number of hydrogen-bond donors (Lipinski definition) is 1. The Bertz CT molecular complexity index is 1550. The number of pyridine rings is 2. The third kappa shape index (κ3) is 4.85. The number of piperidine rings is 1. The zero-order valence-electron chi connectivity index (χ0n) is 23.1. The van der Waals surface area contributed by atoms with E-state index in [1.54, 1.807) is 18.2 Å². The number of hydrogen-bond acceptors (Lipinski definition) is 8. The molecule has 2 aromatic heterocycles. The minimum atomic E-state index is -0.642. The van der Waals surface area contributed by atoms with Gasteiger partial charge in [-0.3, -0.25) is 29.6 Å². The second-order valence-electron chi connectivity index (χ2n) is 11.5. The third-order valence-corrected chi connectivity index (χ3v) is 8.83. The van der Waals surface area contributed by atoms with Crippen LogP contribution in [0.15, 0.2) is 36.5 Å². The Morgan fingerprint density at radius 2 is 1.85 bits per heavy atom. The molecule has 4 aliphatic rings. The van der Waals surface area contributed by atoms with Crippen LogP contribution in [-0.4, -0.2) is 75.9 Å². The molecule has 10 nitrogen and oxygen atoms in total. The molecule has 3 fully saturated rings. The fourth-order valence-corrected chi connectivity index (χ4v) is 6.43. The van der Waals surface area contributed by atoms with Gasteiger partial charge in [0.25, 0.3) is 5.91 Å². The van der Waals surface area contributed by atoms with Gasteiger partial charge < -0.3 is 14.4 Å². The van der Waals surface area contributed by atoms with E-state index < -0.39 is 11.9 Å². The highest BCUT2D eigenvalue weighted by molar-refractivity contribution is 6.05. The molecule has 1 aromatic carbocycles. The van der Waals surface area contributed by atoms with Gasteiger partial charge in [0.05, 0.1) is 17.3 Å². The molecule has 0 spiro atoms. The minimum absolute atomic E-state index is 0.0855. The summed E-state index contributed by atoms with van der Waals surface area (Å²) in [5.74, 6) is -0.163. The first-order valence-corrected chi connectivity index (χ1v) is 14.4. The number of carbonyl (C=O) groups excluding carboxylic acids is 3. The van der Waals surface area contributed by atoms with Crippen LogP contribution in [0.3, 0.4) is 0 Å². The van der Waals surface area contributed by atoms with Crippen molar-refractivity contribution in [2.75, 3.05) is 20.2 Å². The lowest BCUT2D eigenvalue weighted by Gasteiger charge is -2.34. The maximum absolute atomic E-state index is 13.2. The number of imide groups is 1. The number of aromatic nitrogens is 2. The largest absolute Gasteiger partial charge is 0.488 e. The van der Waals surface area contributed by atoms with Crippen molar-refractivity contribution < 1.29 is 23.9 Å². The highest BCUT2D eigenvalue weighted by atomic mass is 16.5. The molecular formula is C31H33N5O5. The molecule has 1 N–H and O–H groups in total. The van der Waals surface area contributed by atoms with E-state index in [-0.39, 0.29) is 30.4 Å². The number of nitrogens with one attached hydrogen (secondary N) is 1. The Kier molecular flexibility index (Phi) is 6.67. The summed E-state index contributed by atoms with van der Waals surface area (Å²) in [6.07, 6.45) is 6.78. The topological polar surface area (TPSA) is 114 Å². The molecule has 1 atom stereocenters. The van der Waals surface area contributed by atoms with Crippen molar-refractivity contribution in [3.05, 3.63) is 53.2 Å². The zero-order valence-corrected chi connectivity index (χ0v) is 23.1. The van der Waals surface area contributed by atoms with Crippen molar-refractivity contribution in [1.29, 1.82) is 0 Å². The standard InChI is InChI=1S/C31H33N5O5/c1-40-21-14-22(15-21)41-26-8-9-32-28-20(16-35-10-2-3-11-35)13-24(33-29(26)28)18-4-5-23-19(12-18)17-36(31(23)39)25-6-7-27(37)34-30(25)38/h4-5,8-9,12-13,21-22,25H,2-3,6-7,10-11,14-17H2,1H3,(H,34,37,38)/t21-,22-,25?. The van der Waals surface area contributed by atoms with E-state index in [1.807, 2.05) is 24.3 Å².